The van der Waals surface area contributed by atoms with Gasteiger partial charge in [-0.2, -0.15) is 0 Å². The second kappa shape index (κ2) is 6.80. The van der Waals surface area contributed by atoms with Gasteiger partial charge in [0.2, 0.25) is 5.91 Å². The van der Waals surface area contributed by atoms with Gasteiger partial charge < -0.3 is 15.8 Å². The third-order valence-corrected chi connectivity index (χ3v) is 3.08. The fourth-order valence-corrected chi connectivity index (χ4v) is 2.28. The molecule has 1 aliphatic carbocycles. The number of nitrogens with one attached hydrogen (secondary N) is 1. The maximum atomic E-state index is 10.4. The number of amides is 1. The second-order valence-electron chi connectivity index (χ2n) is 4.18. The monoisotopic (exact) mass is 214 g/mol. The summed E-state index contributed by atoms with van der Waals surface area (Å²) in [5.41, 5.74) is 4.96. The summed E-state index contributed by atoms with van der Waals surface area (Å²) in [4.78, 5) is 10.4. The van der Waals surface area contributed by atoms with Gasteiger partial charge in [-0.05, 0) is 18.8 Å². The highest BCUT2D eigenvalue weighted by Crippen LogP contribution is 2.27. The van der Waals surface area contributed by atoms with Gasteiger partial charge in [0, 0.05) is 12.6 Å². The average Bonchev–Trinajstić information content (AvgIpc) is 2.64. The number of nitrogens with two attached hydrogens (primary N) is 1. The van der Waals surface area contributed by atoms with Gasteiger partial charge in [-0.1, -0.05) is 19.8 Å². The first-order valence-corrected chi connectivity index (χ1v) is 5.83. The van der Waals surface area contributed by atoms with Crippen molar-refractivity contribution in [1.82, 2.24) is 5.32 Å². The Morgan fingerprint density at radius 1 is 1.53 bits per heavy atom. The molecule has 1 fully saturated rings. The van der Waals surface area contributed by atoms with E-state index in [2.05, 4.69) is 12.2 Å². The highest BCUT2D eigenvalue weighted by atomic mass is 16.5. The Bertz CT molecular complexity index is 197. The molecule has 88 valence electrons. The molecule has 0 saturated heterocycles. The lowest BCUT2D eigenvalue weighted by Gasteiger charge is -2.19. The first kappa shape index (κ1) is 12.5. The molecular weight excluding hydrogens is 192 g/mol. The molecule has 1 aliphatic rings. The van der Waals surface area contributed by atoms with Crippen LogP contribution in [-0.2, 0) is 9.53 Å². The Morgan fingerprint density at radius 2 is 2.33 bits per heavy atom. The molecule has 1 saturated carbocycles. The zero-order valence-corrected chi connectivity index (χ0v) is 9.50. The highest BCUT2D eigenvalue weighted by molar-refractivity contribution is 5.74. The molecule has 0 heterocycles. The van der Waals surface area contributed by atoms with Gasteiger partial charge in [0.1, 0.15) is 6.61 Å². The first-order valence-electron chi connectivity index (χ1n) is 5.83. The molecular formula is C11H22N2O2. The number of hydrogen-bond donors (Lipinski definition) is 2. The van der Waals surface area contributed by atoms with E-state index in [1.165, 1.54) is 25.7 Å². The van der Waals surface area contributed by atoms with E-state index in [1.54, 1.807) is 0 Å². The van der Waals surface area contributed by atoms with E-state index < -0.39 is 5.91 Å². The van der Waals surface area contributed by atoms with Crippen LogP contribution in [0.2, 0.25) is 0 Å². The summed E-state index contributed by atoms with van der Waals surface area (Å²) in [6, 6.07) is 0.646. The maximum Gasteiger partial charge on any atom is 0.243 e. The molecule has 3 N–H and O–H groups in total. The molecule has 1 amide bonds. The lowest BCUT2D eigenvalue weighted by molar-refractivity contribution is -0.122. The molecule has 0 spiro atoms. The standard InChI is InChI=1S/C11H22N2O2/c1-2-9-4-3-5-10(9)13-6-7-15-8-11(12)14/h9-10,13H,2-8H2,1H3,(H2,12,14). The number of rotatable bonds is 7. The van der Waals surface area contributed by atoms with Gasteiger partial charge >= 0.3 is 0 Å². The van der Waals surface area contributed by atoms with Crippen molar-refractivity contribution < 1.29 is 9.53 Å². The van der Waals surface area contributed by atoms with Gasteiger partial charge in [0.25, 0.3) is 0 Å². The lowest BCUT2D eigenvalue weighted by Crippen LogP contribution is -2.35. The summed E-state index contributed by atoms with van der Waals surface area (Å²) in [7, 11) is 0. The Morgan fingerprint density at radius 3 is 3.00 bits per heavy atom. The normalized spacial score (nSPS) is 25.7. The van der Waals surface area contributed by atoms with Gasteiger partial charge in [0.15, 0.2) is 0 Å². The molecule has 0 aromatic rings. The number of primary amides is 1. The molecule has 0 bridgehead atoms. The third-order valence-electron chi connectivity index (χ3n) is 3.08. The van der Waals surface area contributed by atoms with Crippen LogP contribution in [0, 0.1) is 5.92 Å². The predicted molar refractivity (Wildman–Crippen MR) is 59.4 cm³/mol. The van der Waals surface area contributed by atoms with Gasteiger partial charge in [-0.3, -0.25) is 4.79 Å². The predicted octanol–water partition coefficient (Wildman–Crippen LogP) is 0.657. The van der Waals surface area contributed by atoms with Crippen molar-refractivity contribution in [2.24, 2.45) is 11.7 Å². The fraction of sp³-hybridized carbons (Fsp3) is 0.909. The zero-order chi connectivity index (χ0) is 11.1. The zero-order valence-electron chi connectivity index (χ0n) is 9.50. The minimum Gasteiger partial charge on any atom is -0.370 e. The summed E-state index contributed by atoms with van der Waals surface area (Å²) < 4.78 is 5.09. The largest absolute Gasteiger partial charge is 0.370 e. The summed E-state index contributed by atoms with van der Waals surface area (Å²) in [6.45, 7) is 3.65. The van der Waals surface area contributed by atoms with E-state index in [-0.39, 0.29) is 6.61 Å². The van der Waals surface area contributed by atoms with E-state index >= 15 is 0 Å². The van der Waals surface area contributed by atoms with Crippen LogP contribution < -0.4 is 11.1 Å². The Hall–Kier alpha value is -0.610. The van der Waals surface area contributed by atoms with Crippen molar-refractivity contribution in [3.8, 4) is 0 Å². The maximum absolute atomic E-state index is 10.4. The Labute approximate surface area is 91.5 Å². The van der Waals surface area contributed by atoms with Crippen LogP contribution in [0.4, 0.5) is 0 Å². The van der Waals surface area contributed by atoms with Crippen LogP contribution in [0.15, 0.2) is 0 Å². The molecule has 0 aromatic carbocycles. The third kappa shape index (κ3) is 4.62. The van der Waals surface area contributed by atoms with Gasteiger partial charge in [-0.25, -0.2) is 0 Å². The van der Waals surface area contributed by atoms with Crippen LogP contribution in [-0.4, -0.2) is 31.7 Å². The van der Waals surface area contributed by atoms with E-state index in [0.29, 0.717) is 12.6 Å². The smallest absolute Gasteiger partial charge is 0.243 e. The van der Waals surface area contributed by atoms with Crippen LogP contribution in [0.3, 0.4) is 0 Å². The topological polar surface area (TPSA) is 64.3 Å². The van der Waals surface area contributed by atoms with Gasteiger partial charge in [0.05, 0.1) is 6.61 Å². The number of ether oxygens (including phenoxy) is 1. The Balaban J connectivity index is 2.02. The molecule has 2 atom stereocenters. The first-order chi connectivity index (χ1) is 7.24. The number of carbonyl (C=O) groups excluding carboxylic acids is 1. The average molecular weight is 214 g/mol. The molecule has 4 nitrogen and oxygen atoms in total. The molecule has 4 heteroatoms. The van der Waals surface area contributed by atoms with Crippen molar-refractivity contribution in [2.45, 2.75) is 38.6 Å². The summed E-state index contributed by atoms with van der Waals surface area (Å²) >= 11 is 0. The van der Waals surface area contributed by atoms with Crippen LogP contribution in [0.1, 0.15) is 32.6 Å². The summed E-state index contributed by atoms with van der Waals surface area (Å²) in [6.07, 6.45) is 5.20. The molecule has 1 rings (SSSR count). The van der Waals surface area contributed by atoms with E-state index in [4.69, 9.17) is 10.5 Å². The molecule has 2 unspecified atom stereocenters. The second-order valence-corrected chi connectivity index (χ2v) is 4.18. The van der Waals surface area contributed by atoms with Crippen LogP contribution in [0.5, 0.6) is 0 Å². The fourth-order valence-electron chi connectivity index (χ4n) is 2.28. The van der Waals surface area contributed by atoms with Crippen molar-refractivity contribution in [2.75, 3.05) is 19.8 Å². The van der Waals surface area contributed by atoms with Crippen LogP contribution in [0.25, 0.3) is 0 Å². The quantitative estimate of drug-likeness (QED) is 0.612. The molecule has 0 aromatic heterocycles. The van der Waals surface area contributed by atoms with Gasteiger partial charge in [-0.15, -0.1) is 0 Å². The molecule has 0 radical (unpaired) electrons. The molecule has 0 aliphatic heterocycles. The number of hydrogen-bond acceptors (Lipinski definition) is 3. The summed E-state index contributed by atoms with van der Waals surface area (Å²) in [5.74, 6) is 0.420. The minimum absolute atomic E-state index is 0.0313. The SMILES string of the molecule is CCC1CCCC1NCCOCC(N)=O. The van der Waals surface area contributed by atoms with E-state index in [1.807, 2.05) is 0 Å². The Kier molecular flexibility index (Phi) is 5.65. The minimum atomic E-state index is -0.401. The van der Waals surface area contributed by atoms with Crippen molar-refractivity contribution >= 4 is 5.91 Å². The van der Waals surface area contributed by atoms with E-state index in [0.717, 1.165) is 12.5 Å². The molecule has 15 heavy (non-hydrogen) atoms. The van der Waals surface area contributed by atoms with Crippen molar-refractivity contribution in [3.63, 3.8) is 0 Å². The highest BCUT2D eigenvalue weighted by Gasteiger charge is 2.24. The number of carbonyl (C=O) groups is 1. The van der Waals surface area contributed by atoms with E-state index in [9.17, 15) is 4.79 Å². The van der Waals surface area contributed by atoms with Crippen molar-refractivity contribution in [1.29, 1.82) is 0 Å². The van der Waals surface area contributed by atoms with Crippen molar-refractivity contribution in [3.05, 3.63) is 0 Å². The summed E-state index contributed by atoms with van der Waals surface area (Å²) in [5, 5.41) is 3.48. The lowest BCUT2D eigenvalue weighted by atomic mass is 10.0. The van der Waals surface area contributed by atoms with Crippen LogP contribution >= 0.6 is 0 Å².